The van der Waals surface area contributed by atoms with Crippen molar-refractivity contribution in [3.8, 4) is 5.69 Å². The highest BCUT2D eigenvalue weighted by Crippen LogP contribution is 2.28. The minimum Gasteiger partial charge on any atom is -0.466 e. The van der Waals surface area contributed by atoms with Crippen molar-refractivity contribution < 1.29 is 14.3 Å². The number of ether oxygens (including phenoxy) is 2. The second-order valence-corrected chi connectivity index (χ2v) is 8.27. The van der Waals surface area contributed by atoms with Crippen molar-refractivity contribution in [1.82, 2.24) is 4.57 Å². The normalized spacial score (nSPS) is 11.1. The molecule has 4 rings (SSSR count). The number of esters is 1. The van der Waals surface area contributed by atoms with E-state index in [4.69, 9.17) is 9.47 Å². The number of hydrogen-bond acceptors (Lipinski definition) is 3. The maximum Gasteiger partial charge on any atom is 0.306 e. The van der Waals surface area contributed by atoms with Crippen LogP contribution in [0.5, 0.6) is 0 Å². The van der Waals surface area contributed by atoms with Crippen LogP contribution >= 0.6 is 0 Å². The second kappa shape index (κ2) is 11.0. The summed E-state index contributed by atoms with van der Waals surface area (Å²) in [6.45, 7) is 2.87. The summed E-state index contributed by atoms with van der Waals surface area (Å²) in [7, 11) is 1.71. The highest BCUT2D eigenvalue weighted by Gasteiger charge is 2.12. The zero-order chi connectivity index (χ0) is 23.0. The van der Waals surface area contributed by atoms with Crippen LogP contribution < -0.4 is 0 Å². The van der Waals surface area contributed by atoms with E-state index in [9.17, 15) is 4.79 Å². The smallest absolute Gasteiger partial charge is 0.306 e. The summed E-state index contributed by atoms with van der Waals surface area (Å²) in [6, 6.07) is 25.6. The van der Waals surface area contributed by atoms with Crippen molar-refractivity contribution in [2.45, 2.75) is 39.2 Å². The molecule has 0 amide bonds. The van der Waals surface area contributed by atoms with Crippen LogP contribution in [-0.4, -0.2) is 24.3 Å². The minimum absolute atomic E-state index is 0.143. The predicted octanol–water partition coefficient (Wildman–Crippen LogP) is 6.06. The minimum atomic E-state index is -0.143. The maximum atomic E-state index is 11.8. The van der Waals surface area contributed by atoms with Gasteiger partial charge in [-0.1, -0.05) is 48.5 Å². The third-order valence-electron chi connectivity index (χ3n) is 5.93. The molecule has 0 fully saturated rings. The Balaban J connectivity index is 1.66. The Morgan fingerprint density at radius 3 is 2.33 bits per heavy atom. The third-order valence-corrected chi connectivity index (χ3v) is 5.93. The molecule has 0 spiro atoms. The van der Waals surface area contributed by atoms with Gasteiger partial charge in [0.15, 0.2) is 0 Å². The van der Waals surface area contributed by atoms with Crippen LogP contribution in [0, 0.1) is 0 Å². The summed E-state index contributed by atoms with van der Waals surface area (Å²) >= 11 is 0. The van der Waals surface area contributed by atoms with Gasteiger partial charge >= 0.3 is 5.97 Å². The molecule has 0 aliphatic heterocycles. The molecular weight excluding hydrogens is 410 g/mol. The van der Waals surface area contributed by atoms with E-state index in [1.807, 2.05) is 6.92 Å². The summed E-state index contributed by atoms with van der Waals surface area (Å²) in [5.74, 6) is -0.143. The van der Waals surface area contributed by atoms with Gasteiger partial charge in [-0.05, 0) is 72.7 Å². The van der Waals surface area contributed by atoms with Crippen molar-refractivity contribution in [3.05, 3.63) is 101 Å². The molecule has 0 aliphatic rings. The first kappa shape index (κ1) is 22.8. The Morgan fingerprint density at radius 1 is 0.848 bits per heavy atom. The molecule has 0 saturated carbocycles. The Labute approximate surface area is 195 Å². The highest BCUT2D eigenvalue weighted by molar-refractivity contribution is 5.86. The molecule has 0 unspecified atom stereocenters. The van der Waals surface area contributed by atoms with E-state index < -0.39 is 0 Å². The average Bonchev–Trinajstić information content (AvgIpc) is 3.21. The Kier molecular flexibility index (Phi) is 7.59. The number of rotatable bonds is 10. The first-order valence-corrected chi connectivity index (χ1v) is 11.6. The first-order chi connectivity index (χ1) is 16.2. The lowest BCUT2D eigenvalue weighted by Gasteiger charge is -2.08. The monoisotopic (exact) mass is 441 g/mol. The lowest BCUT2D eigenvalue weighted by atomic mass is 10.0. The van der Waals surface area contributed by atoms with Gasteiger partial charge < -0.3 is 14.0 Å². The van der Waals surface area contributed by atoms with Crippen LogP contribution in [0.2, 0.25) is 0 Å². The van der Waals surface area contributed by atoms with Crippen molar-refractivity contribution in [1.29, 1.82) is 0 Å². The van der Waals surface area contributed by atoms with Crippen molar-refractivity contribution in [2.24, 2.45) is 0 Å². The van der Waals surface area contributed by atoms with Gasteiger partial charge in [-0.25, -0.2) is 0 Å². The van der Waals surface area contributed by atoms with Crippen molar-refractivity contribution in [3.63, 3.8) is 0 Å². The number of fused-ring (bicyclic) bond motifs is 1. The van der Waals surface area contributed by atoms with E-state index in [-0.39, 0.29) is 5.97 Å². The molecule has 0 N–H and O–H groups in total. The summed E-state index contributed by atoms with van der Waals surface area (Å²) in [6.07, 6.45) is 5.29. The highest BCUT2D eigenvalue weighted by atomic mass is 16.5. The van der Waals surface area contributed by atoms with E-state index in [0.29, 0.717) is 26.1 Å². The zero-order valence-corrected chi connectivity index (χ0v) is 19.4. The number of aryl methyl sites for hydroxylation is 3. The van der Waals surface area contributed by atoms with E-state index in [2.05, 4.69) is 83.6 Å². The standard InChI is InChI=1S/C29H31NO3/c1-3-33-29(31)18-13-23-12-17-28-27(19-23)25(14-9-22-7-5-4-6-8-22)20-30(28)26-15-10-24(11-16-26)21-32-2/h4-8,10-12,15-17,19-20H,3,9,13-14,18,21H2,1-2H3. The van der Waals surface area contributed by atoms with Crippen LogP contribution in [0.3, 0.4) is 0 Å². The zero-order valence-electron chi connectivity index (χ0n) is 19.4. The molecule has 3 aromatic carbocycles. The third kappa shape index (κ3) is 5.71. The van der Waals surface area contributed by atoms with Crippen molar-refractivity contribution in [2.75, 3.05) is 13.7 Å². The molecule has 0 saturated heterocycles. The lowest BCUT2D eigenvalue weighted by molar-refractivity contribution is -0.143. The molecule has 1 aromatic heterocycles. The van der Waals surface area contributed by atoms with Gasteiger partial charge in [0.25, 0.3) is 0 Å². The molecule has 170 valence electrons. The van der Waals surface area contributed by atoms with Gasteiger partial charge in [-0.15, -0.1) is 0 Å². The molecule has 4 heteroatoms. The fraction of sp³-hybridized carbons (Fsp3) is 0.276. The molecule has 0 radical (unpaired) electrons. The fourth-order valence-corrected chi connectivity index (χ4v) is 4.24. The first-order valence-electron chi connectivity index (χ1n) is 11.6. The Bertz CT molecular complexity index is 1190. The van der Waals surface area contributed by atoms with Crippen LogP contribution in [-0.2, 0) is 40.1 Å². The van der Waals surface area contributed by atoms with Crippen LogP contribution in [0.25, 0.3) is 16.6 Å². The van der Waals surface area contributed by atoms with Gasteiger partial charge in [0.05, 0.1) is 18.7 Å². The summed E-state index contributed by atoms with van der Waals surface area (Å²) in [5.41, 5.74) is 7.27. The lowest BCUT2D eigenvalue weighted by Crippen LogP contribution is -2.05. The molecule has 0 atom stereocenters. The Morgan fingerprint density at radius 2 is 1.61 bits per heavy atom. The Hall–Kier alpha value is -3.37. The predicted molar refractivity (Wildman–Crippen MR) is 133 cm³/mol. The van der Waals surface area contributed by atoms with Gasteiger partial charge in [-0.3, -0.25) is 4.79 Å². The van der Waals surface area contributed by atoms with Gasteiger partial charge in [0.2, 0.25) is 0 Å². The van der Waals surface area contributed by atoms with Gasteiger partial charge in [-0.2, -0.15) is 0 Å². The SMILES string of the molecule is CCOC(=O)CCc1ccc2c(c1)c(CCc1ccccc1)cn2-c1ccc(COC)cc1. The molecule has 1 heterocycles. The fourth-order valence-electron chi connectivity index (χ4n) is 4.24. The number of aromatic nitrogens is 1. The van der Waals surface area contributed by atoms with E-state index in [1.165, 1.54) is 22.0 Å². The molecule has 0 aliphatic carbocycles. The van der Waals surface area contributed by atoms with Gasteiger partial charge in [0, 0.05) is 30.8 Å². The number of nitrogens with zero attached hydrogens (tertiary/aromatic N) is 1. The number of hydrogen-bond donors (Lipinski definition) is 0. The van der Waals surface area contributed by atoms with Crippen LogP contribution in [0.4, 0.5) is 0 Å². The number of carbonyl (C=O) groups is 1. The molecule has 0 bridgehead atoms. The van der Waals surface area contributed by atoms with Crippen LogP contribution in [0.1, 0.15) is 35.6 Å². The quantitative estimate of drug-likeness (QED) is 0.281. The van der Waals surface area contributed by atoms with E-state index in [1.54, 1.807) is 7.11 Å². The molecule has 33 heavy (non-hydrogen) atoms. The topological polar surface area (TPSA) is 40.5 Å². The van der Waals surface area contributed by atoms with E-state index in [0.717, 1.165) is 29.7 Å². The molecular formula is C29H31NO3. The molecule has 4 nitrogen and oxygen atoms in total. The second-order valence-electron chi connectivity index (χ2n) is 8.27. The van der Waals surface area contributed by atoms with Gasteiger partial charge in [0.1, 0.15) is 0 Å². The maximum absolute atomic E-state index is 11.8. The number of methoxy groups -OCH3 is 1. The molecule has 4 aromatic rings. The largest absolute Gasteiger partial charge is 0.466 e. The summed E-state index contributed by atoms with van der Waals surface area (Å²) in [5, 5.41) is 1.24. The average molecular weight is 442 g/mol. The summed E-state index contributed by atoms with van der Waals surface area (Å²) < 4.78 is 12.6. The summed E-state index contributed by atoms with van der Waals surface area (Å²) in [4.78, 5) is 11.8. The van der Waals surface area contributed by atoms with Crippen LogP contribution in [0.15, 0.2) is 79.0 Å². The number of benzene rings is 3. The number of carbonyl (C=O) groups excluding carboxylic acids is 1. The van der Waals surface area contributed by atoms with Crippen molar-refractivity contribution >= 4 is 16.9 Å². The van der Waals surface area contributed by atoms with E-state index >= 15 is 0 Å².